The van der Waals surface area contributed by atoms with Gasteiger partial charge in [-0.1, -0.05) is 0 Å². The van der Waals surface area contributed by atoms with Crippen LogP contribution >= 0.6 is 0 Å². The van der Waals surface area contributed by atoms with E-state index >= 15 is 0 Å². The zero-order valence-corrected chi connectivity index (χ0v) is 11.3. The van der Waals surface area contributed by atoms with E-state index in [2.05, 4.69) is 5.32 Å². The maximum absolute atomic E-state index is 12.0. The van der Waals surface area contributed by atoms with E-state index in [9.17, 15) is 4.79 Å². The molecule has 0 fully saturated rings. The Morgan fingerprint density at radius 2 is 1.40 bits per heavy atom. The Kier molecular flexibility index (Phi) is 3.97. The summed E-state index contributed by atoms with van der Waals surface area (Å²) in [5, 5.41) is 3.15. The molecule has 0 aromatic carbocycles. The van der Waals surface area contributed by atoms with E-state index in [1.165, 1.54) is 0 Å². The van der Waals surface area contributed by atoms with Crippen molar-refractivity contribution in [2.75, 3.05) is 7.05 Å². The molecule has 15 heavy (non-hydrogen) atoms. The van der Waals surface area contributed by atoms with Crippen molar-refractivity contribution < 1.29 is 9.53 Å². The molecule has 0 atom stereocenters. The fourth-order valence-electron chi connectivity index (χ4n) is 0.973. The molecule has 0 spiro atoms. The Morgan fingerprint density at radius 1 is 1.00 bits per heavy atom. The third kappa shape index (κ3) is 3.49. The number of esters is 1. The summed E-state index contributed by atoms with van der Waals surface area (Å²) in [5.74, 6) is -0.172. The van der Waals surface area contributed by atoms with Gasteiger partial charge < -0.3 is 10.1 Å². The number of nitrogens with one attached hydrogen (secondary N) is 1. The van der Waals surface area contributed by atoms with Gasteiger partial charge in [0.15, 0.2) is 0 Å². The molecule has 0 aromatic heterocycles. The molecule has 0 saturated carbocycles. The van der Waals surface area contributed by atoms with Gasteiger partial charge in [0.25, 0.3) is 0 Å². The van der Waals surface area contributed by atoms with Gasteiger partial charge in [-0.05, 0) is 55.5 Å². The summed E-state index contributed by atoms with van der Waals surface area (Å²) in [6, 6.07) is 0. The highest BCUT2D eigenvalue weighted by atomic mass is 16.6. The van der Waals surface area contributed by atoms with Gasteiger partial charge >= 0.3 is 5.97 Å². The first-order valence-electron chi connectivity index (χ1n) is 5.36. The van der Waals surface area contributed by atoms with E-state index < -0.39 is 11.0 Å². The molecule has 0 rings (SSSR count). The SMILES string of the molecule is CNC(C)(C)C(C)(C)C(=O)OC(C)(C)C. The van der Waals surface area contributed by atoms with Crippen molar-refractivity contribution >= 4 is 5.97 Å². The van der Waals surface area contributed by atoms with E-state index in [0.717, 1.165) is 0 Å². The van der Waals surface area contributed by atoms with Gasteiger partial charge in [0.1, 0.15) is 5.60 Å². The second-order valence-corrected chi connectivity index (χ2v) is 6.00. The number of hydrogen-bond acceptors (Lipinski definition) is 3. The molecule has 3 nitrogen and oxygen atoms in total. The fourth-order valence-corrected chi connectivity index (χ4v) is 0.973. The highest BCUT2D eigenvalue weighted by Crippen LogP contribution is 2.32. The first-order chi connectivity index (χ1) is 6.44. The van der Waals surface area contributed by atoms with E-state index in [1.807, 2.05) is 55.5 Å². The van der Waals surface area contributed by atoms with Gasteiger partial charge in [0.05, 0.1) is 5.41 Å². The molecule has 90 valence electrons. The van der Waals surface area contributed by atoms with Gasteiger partial charge in [-0.25, -0.2) is 0 Å². The van der Waals surface area contributed by atoms with Crippen LogP contribution in [0.4, 0.5) is 0 Å². The Labute approximate surface area is 93.6 Å². The summed E-state index contributed by atoms with van der Waals surface area (Å²) in [7, 11) is 1.85. The molecule has 1 N–H and O–H groups in total. The number of carbonyl (C=O) groups excluding carboxylic acids is 1. The third-order valence-corrected chi connectivity index (χ3v) is 3.10. The van der Waals surface area contributed by atoms with Crippen molar-refractivity contribution in [2.24, 2.45) is 5.41 Å². The Balaban J connectivity index is 4.82. The second kappa shape index (κ2) is 4.12. The number of rotatable bonds is 3. The molecule has 0 bridgehead atoms. The maximum atomic E-state index is 12.0. The predicted molar refractivity (Wildman–Crippen MR) is 62.8 cm³/mol. The summed E-state index contributed by atoms with van der Waals surface area (Å²) < 4.78 is 5.41. The fraction of sp³-hybridized carbons (Fsp3) is 0.917. The van der Waals surface area contributed by atoms with E-state index in [-0.39, 0.29) is 11.5 Å². The van der Waals surface area contributed by atoms with Crippen LogP contribution in [0.1, 0.15) is 48.5 Å². The molecular weight excluding hydrogens is 190 g/mol. The molecular formula is C12H25NO2. The molecule has 0 amide bonds. The number of carbonyl (C=O) groups is 1. The predicted octanol–water partition coefficient (Wildman–Crippen LogP) is 2.35. The Bertz CT molecular complexity index is 236. The van der Waals surface area contributed by atoms with Gasteiger partial charge in [-0.3, -0.25) is 4.79 Å². The monoisotopic (exact) mass is 215 g/mol. The number of hydrogen-bond donors (Lipinski definition) is 1. The van der Waals surface area contributed by atoms with E-state index in [0.29, 0.717) is 0 Å². The molecule has 0 radical (unpaired) electrons. The molecule has 0 aliphatic rings. The molecule has 0 aliphatic heterocycles. The average molecular weight is 215 g/mol. The summed E-state index contributed by atoms with van der Waals surface area (Å²) in [6.45, 7) is 13.4. The normalized spacial score (nSPS) is 13.9. The summed E-state index contributed by atoms with van der Waals surface area (Å²) in [5.41, 5.74) is -1.29. The zero-order valence-electron chi connectivity index (χ0n) is 11.3. The van der Waals surface area contributed by atoms with Crippen LogP contribution in [-0.4, -0.2) is 24.2 Å². The topological polar surface area (TPSA) is 38.3 Å². The highest BCUT2D eigenvalue weighted by molar-refractivity contribution is 5.78. The Morgan fingerprint density at radius 3 is 1.67 bits per heavy atom. The van der Waals surface area contributed by atoms with Crippen LogP contribution in [-0.2, 0) is 9.53 Å². The lowest BCUT2D eigenvalue weighted by Gasteiger charge is -2.40. The van der Waals surface area contributed by atoms with Crippen molar-refractivity contribution in [1.29, 1.82) is 0 Å². The van der Waals surface area contributed by atoms with Crippen molar-refractivity contribution in [3.63, 3.8) is 0 Å². The molecule has 3 heteroatoms. The molecule has 0 unspecified atom stereocenters. The lowest BCUT2D eigenvalue weighted by atomic mass is 9.74. The summed E-state index contributed by atoms with van der Waals surface area (Å²) in [4.78, 5) is 12.0. The maximum Gasteiger partial charge on any atom is 0.313 e. The van der Waals surface area contributed by atoms with Crippen LogP contribution in [0.15, 0.2) is 0 Å². The minimum atomic E-state index is -0.560. The van der Waals surface area contributed by atoms with Crippen molar-refractivity contribution in [1.82, 2.24) is 5.32 Å². The smallest absolute Gasteiger partial charge is 0.313 e. The van der Waals surface area contributed by atoms with Crippen LogP contribution in [0, 0.1) is 5.41 Å². The first kappa shape index (κ1) is 14.4. The lowest BCUT2D eigenvalue weighted by molar-refractivity contribution is -0.169. The van der Waals surface area contributed by atoms with Crippen LogP contribution in [0.3, 0.4) is 0 Å². The lowest BCUT2D eigenvalue weighted by Crippen LogP contribution is -2.55. The average Bonchev–Trinajstić information content (AvgIpc) is 2.00. The van der Waals surface area contributed by atoms with Gasteiger partial charge in [-0.15, -0.1) is 0 Å². The van der Waals surface area contributed by atoms with Gasteiger partial charge in [-0.2, -0.15) is 0 Å². The molecule has 0 aliphatic carbocycles. The van der Waals surface area contributed by atoms with Crippen molar-refractivity contribution in [3.05, 3.63) is 0 Å². The number of ether oxygens (including phenoxy) is 1. The minimum absolute atomic E-state index is 0.172. The molecule has 0 heterocycles. The third-order valence-electron chi connectivity index (χ3n) is 3.10. The second-order valence-electron chi connectivity index (χ2n) is 6.00. The summed E-state index contributed by atoms with van der Waals surface area (Å²) >= 11 is 0. The largest absolute Gasteiger partial charge is 0.460 e. The molecule has 0 aromatic rings. The molecule has 0 saturated heterocycles. The Hall–Kier alpha value is -0.570. The van der Waals surface area contributed by atoms with E-state index in [1.54, 1.807) is 0 Å². The zero-order chi connectivity index (χ0) is 12.5. The van der Waals surface area contributed by atoms with Crippen LogP contribution < -0.4 is 5.32 Å². The van der Waals surface area contributed by atoms with Crippen LogP contribution in [0.25, 0.3) is 0 Å². The van der Waals surface area contributed by atoms with E-state index in [4.69, 9.17) is 4.74 Å². The quantitative estimate of drug-likeness (QED) is 0.734. The standard InChI is InChI=1S/C12H25NO2/c1-10(2,3)15-9(14)11(4,5)12(6,7)13-8/h13H,1-8H3. The van der Waals surface area contributed by atoms with Crippen molar-refractivity contribution in [2.45, 2.75) is 59.6 Å². The van der Waals surface area contributed by atoms with Gasteiger partial charge in [0.2, 0.25) is 0 Å². The van der Waals surface area contributed by atoms with Crippen molar-refractivity contribution in [3.8, 4) is 0 Å². The van der Waals surface area contributed by atoms with Crippen LogP contribution in [0.2, 0.25) is 0 Å². The van der Waals surface area contributed by atoms with Crippen LogP contribution in [0.5, 0.6) is 0 Å². The highest BCUT2D eigenvalue weighted by Gasteiger charge is 2.44. The first-order valence-corrected chi connectivity index (χ1v) is 5.36. The summed E-state index contributed by atoms with van der Waals surface area (Å²) in [6.07, 6.45) is 0. The van der Waals surface area contributed by atoms with Gasteiger partial charge in [0, 0.05) is 5.54 Å². The minimum Gasteiger partial charge on any atom is -0.460 e.